The number of alkyl halides is 3. The first-order valence-corrected chi connectivity index (χ1v) is 9.13. The SMILES string of the molecule is CCOC(=O)Cc1c(C)cc2cc(Cl)ccc2c1OS(=O)(=O)C(F)(F)F. The molecule has 0 fully saturated rings. The molecule has 2 aromatic rings. The van der Waals surface area contributed by atoms with Gasteiger partial charge in [-0.25, -0.2) is 0 Å². The third-order valence-corrected chi connectivity index (χ3v) is 4.67. The lowest BCUT2D eigenvalue weighted by atomic mass is 9.98. The van der Waals surface area contributed by atoms with Crippen LogP contribution in [0.25, 0.3) is 10.8 Å². The van der Waals surface area contributed by atoms with Gasteiger partial charge in [-0.3, -0.25) is 4.79 Å². The van der Waals surface area contributed by atoms with E-state index in [1.807, 2.05) is 0 Å². The van der Waals surface area contributed by atoms with E-state index in [-0.39, 0.29) is 17.6 Å². The molecule has 0 atom stereocenters. The van der Waals surface area contributed by atoms with Crippen LogP contribution < -0.4 is 4.18 Å². The van der Waals surface area contributed by atoms with Crippen molar-refractivity contribution in [3.05, 3.63) is 40.4 Å². The van der Waals surface area contributed by atoms with Crippen molar-refractivity contribution in [3.8, 4) is 5.75 Å². The van der Waals surface area contributed by atoms with Gasteiger partial charge in [0.2, 0.25) is 0 Å². The molecule has 0 bridgehead atoms. The fourth-order valence-electron chi connectivity index (χ4n) is 2.35. The van der Waals surface area contributed by atoms with Crippen LogP contribution in [-0.2, 0) is 26.1 Å². The summed E-state index contributed by atoms with van der Waals surface area (Å²) in [4.78, 5) is 11.8. The lowest BCUT2D eigenvalue weighted by Crippen LogP contribution is -2.28. The first kappa shape index (κ1) is 20.3. The Balaban J connectivity index is 2.71. The number of esters is 1. The van der Waals surface area contributed by atoms with Crippen LogP contribution >= 0.6 is 11.6 Å². The Labute approximate surface area is 152 Å². The lowest BCUT2D eigenvalue weighted by molar-refractivity contribution is -0.142. The molecule has 10 heteroatoms. The molecule has 0 saturated heterocycles. The largest absolute Gasteiger partial charge is 0.534 e. The van der Waals surface area contributed by atoms with Crippen LogP contribution in [0.5, 0.6) is 5.75 Å². The zero-order chi connectivity index (χ0) is 19.7. The van der Waals surface area contributed by atoms with Crippen molar-refractivity contribution < 1.29 is 35.3 Å². The van der Waals surface area contributed by atoms with Crippen molar-refractivity contribution in [2.45, 2.75) is 25.8 Å². The molecule has 0 unspecified atom stereocenters. The highest BCUT2D eigenvalue weighted by Crippen LogP contribution is 2.38. The van der Waals surface area contributed by atoms with Gasteiger partial charge in [0, 0.05) is 16.0 Å². The minimum absolute atomic E-state index is 0.00824. The third kappa shape index (κ3) is 4.21. The second kappa shape index (κ2) is 7.32. The molecule has 0 aliphatic carbocycles. The molecule has 0 spiro atoms. The summed E-state index contributed by atoms with van der Waals surface area (Å²) in [6, 6.07) is 5.72. The number of halogens is 4. The topological polar surface area (TPSA) is 69.7 Å². The number of hydrogen-bond acceptors (Lipinski definition) is 5. The van der Waals surface area contributed by atoms with Gasteiger partial charge in [0.25, 0.3) is 0 Å². The van der Waals surface area contributed by atoms with Gasteiger partial charge in [0.15, 0.2) is 5.75 Å². The number of carbonyl (C=O) groups excluding carboxylic acids is 1. The molecule has 2 rings (SSSR count). The second-order valence-corrected chi connectivity index (χ2v) is 7.31. The second-order valence-electron chi connectivity index (χ2n) is 5.33. The predicted molar refractivity (Wildman–Crippen MR) is 89.6 cm³/mol. The van der Waals surface area contributed by atoms with E-state index in [0.29, 0.717) is 16.0 Å². The van der Waals surface area contributed by atoms with Crippen molar-refractivity contribution in [2.75, 3.05) is 6.61 Å². The van der Waals surface area contributed by atoms with Gasteiger partial charge in [-0.15, -0.1) is 0 Å². The van der Waals surface area contributed by atoms with Crippen LogP contribution in [0.1, 0.15) is 18.1 Å². The Morgan fingerprint density at radius 3 is 2.46 bits per heavy atom. The molecular formula is C16H14ClF3O5S. The molecule has 0 aromatic heterocycles. The number of benzene rings is 2. The van der Waals surface area contributed by atoms with Crippen molar-refractivity contribution >= 4 is 38.5 Å². The zero-order valence-electron chi connectivity index (χ0n) is 13.7. The minimum atomic E-state index is -5.92. The van der Waals surface area contributed by atoms with Gasteiger partial charge < -0.3 is 8.92 Å². The Kier molecular flexibility index (Phi) is 5.72. The van der Waals surface area contributed by atoms with Gasteiger partial charge in [-0.05, 0) is 43.0 Å². The monoisotopic (exact) mass is 410 g/mol. The van der Waals surface area contributed by atoms with Gasteiger partial charge >= 0.3 is 21.6 Å². The van der Waals surface area contributed by atoms with E-state index in [1.165, 1.54) is 25.1 Å². The molecule has 5 nitrogen and oxygen atoms in total. The molecule has 0 heterocycles. The summed E-state index contributed by atoms with van der Waals surface area (Å²) in [7, 11) is -5.92. The van der Waals surface area contributed by atoms with Crippen LogP contribution in [0.15, 0.2) is 24.3 Å². The summed E-state index contributed by atoms with van der Waals surface area (Å²) in [6.07, 6.45) is -0.444. The fraction of sp³-hybridized carbons (Fsp3) is 0.312. The Hall–Kier alpha value is -2.00. The lowest BCUT2D eigenvalue weighted by Gasteiger charge is -2.17. The molecule has 142 valence electrons. The quantitative estimate of drug-likeness (QED) is 0.421. The molecule has 0 aliphatic rings. The van der Waals surface area contributed by atoms with Crippen molar-refractivity contribution in [1.29, 1.82) is 0 Å². The first-order valence-electron chi connectivity index (χ1n) is 7.34. The fourth-order valence-corrected chi connectivity index (χ4v) is 3.03. The summed E-state index contributed by atoms with van der Waals surface area (Å²) in [5, 5.41) is 0.752. The number of carbonyl (C=O) groups is 1. The Morgan fingerprint density at radius 2 is 1.88 bits per heavy atom. The summed E-state index contributed by atoms with van der Waals surface area (Å²) in [5.41, 5.74) is -5.26. The summed E-state index contributed by atoms with van der Waals surface area (Å²) in [6.45, 7) is 3.15. The molecule has 0 aliphatic heterocycles. The minimum Gasteiger partial charge on any atom is -0.466 e. The molecule has 2 aromatic carbocycles. The van der Waals surface area contributed by atoms with Crippen molar-refractivity contribution in [3.63, 3.8) is 0 Å². The molecule has 0 saturated carbocycles. The van der Waals surface area contributed by atoms with E-state index >= 15 is 0 Å². The molecule has 0 N–H and O–H groups in total. The van der Waals surface area contributed by atoms with Crippen LogP contribution in [0, 0.1) is 6.92 Å². The Morgan fingerprint density at radius 1 is 1.23 bits per heavy atom. The average molecular weight is 411 g/mol. The average Bonchev–Trinajstić information content (AvgIpc) is 2.49. The van der Waals surface area contributed by atoms with Crippen molar-refractivity contribution in [1.82, 2.24) is 0 Å². The predicted octanol–water partition coefficient (Wildman–Crippen LogP) is 4.14. The van der Waals surface area contributed by atoms with E-state index in [0.717, 1.165) is 0 Å². The molecule has 26 heavy (non-hydrogen) atoms. The highest BCUT2D eigenvalue weighted by Gasteiger charge is 2.49. The van der Waals surface area contributed by atoms with Gasteiger partial charge in [0.1, 0.15) is 0 Å². The van der Waals surface area contributed by atoms with Gasteiger partial charge in [0.05, 0.1) is 13.0 Å². The number of rotatable bonds is 5. The summed E-state index contributed by atoms with van der Waals surface area (Å²) in [5.74, 6) is -1.29. The first-order chi connectivity index (χ1) is 12.0. The maximum Gasteiger partial charge on any atom is 0.534 e. The maximum absolute atomic E-state index is 12.8. The van der Waals surface area contributed by atoms with E-state index < -0.39 is 33.8 Å². The van der Waals surface area contributed by atoms with E-state index in [4.69, 9.17) is 16.3 Å². The van der Waals surface area contributed by atoms with Crippen LogP contribution in [-0.4, -0.2) is 26.5 Å². The van der Waals surface area contributed by atoms with Crippen molar-refractivity contribution in [2.24, 2.45) is 0 Å². The molecule has 0 radical (unpaired) electrons. The number of hydrogen-bond donors (Lipinski definition) is 0. The molecule has 0 amide bonds. The normalized spacial score (nSPS) is 12.2. The number of ether oxygens (including phenoxy) is 1. The summed E-state index contributed by atoms with van der Waals surface area (Å²) >= 11 is 5.88. The van der Waals surface area contributed by atoms with Gasteiger partial charge in [-0.2, -0.15) is 21.6 Å². The number of aryl methyl sites for hydroxylation is 1. The number of fused-ring (bicyclic) bond motifs is 1. The van der Waals surface area contributed by atoms with E-state index in [2.05, 4.69) is 4.18 Å². The Bertz CT molecular complexity index is 954. The van der Waals surface area contributed by atoms with Crippen LogP contribution in [0.4, 0.5) is 13.2 Å². The summed E-state index contributed by atoms with van der Waals surface area (Å²) < 4.78 is 70.6. The highest BCUT2D eigenvalue weighted by molar-refractivity contribution is 7.88. The standard InChI is InChI=1S/C16H14ClF3O5S/c1-3-24-14(21)8-13-9(2)6-10-7-11(17)4-5-12(10)15(13)25-26(22,23)16(18,19)20/h4-7H,3,8H2,1-2H3. The zero-order valence-corrected chi connectivity index (χ0v) is 15.3. The van der Waals surface area contributed by atoms with E-state index in [9.17, 15) is 26.4 Å². The smallest absolute Gasteiger partial charge is 0.466 e. The maximum atomic E-state index is 12.8. The van der Waals surface area contributed by atoms with E-state index in [1.54, 1.807) is 13.0 Å². The molecular weight excluding hydrogens is 397 g/mol. The van der Waals surface area contributed by atoms with Crippen LogP contribution in [0.3, 0.4) is 0 Å². The van der Waals surface area contributed by atoms with Crippen LogP contribution in [0.2, 0.25) is 5.02 Å². The third-order valence-electron chi connectivity index (χ3n) is 3.48. The highest BCUT2D eigenvalue weighted by atomic mass is 35.5. The van der Waals surface area contributed by atoms with Gasteiger partial charge in [-0.1, -0.05) is 17.7 Å².